The average molecular weight is 204 g/mol. The topological polar surface area (TPSA) is 29.5 Å². The number of halogens is 1. The van der Waals surface area contributed by atoms with Crippen LogP contribution in [0.5, 0.6) is 0 Å². The van der Waals surface area contributed by atoms with Crippen LogP contribution in [0.4, 0.5) is 0 Å². The SMILES string of the molecule is COC(=O)C1=CN2CCC1CC2.Cl. The smallest absolute Gasteiger partial charge is 0.335 e. The Bertz CT molecular complexity index is 232. The summed E-state index contributed by atoms with van der Waals surface area (Å²) >= 11 is 0. The van der Waals surface area contributed by atoms with Crippen LogP contribution in [0.3, 0.4) is 0 Å². The molecule has 0 atom stereocenters. The number of carbonyl (C=O) groups is 1. The molecule has 0 unspecified atom stereocenters. The number of piperidine rings is 1. The molecule has 0 aromatic carbocycles. The second kappa shape index (κ2) is 4.01. The van der Waals surface area contributed by atoms with E-state index < -0.39 is 0 Å². The Kier molecular flexibility index (Phi) is 3.20. The first-order chi connectivity index (χ1) is 5.81. The number of nitrogens with zero attached hydrogens (tertiary/aromatic N) is 1. The van der Waals surface area contributed by atoms with Crippen molar-refractivity contribution < 1.29 is 9.53 Å². The number of hydrogen-bond donors (Lipinski definition) is 0. The van der Waals surface area contributed by atoms with Gasteiger partial charge in [-0.25, -0.2) is 4.79 Å². The summed E-state index contributed by atoms with van der Waals surface area (Å²) in [5.74, 6) is 0.312. The van der Waals surface area contributed by atoms with Gasteiger partial charge in [0.1, 0.15) is 0 Å². The zero-order valence-electron chi connectivity index (χ0n) is 7.66. The van der Waals surface area contributed by atoms with Crippen molar-refractivity contribution >= 4 is 18.4 Å². The van der Waals surface area contributed by atoms with Gasteiger partial charge in [0.25, 0.3) is 0 Å². The summed E-state index contributed by atoms with van der Waals surface area (Å²) < 4.78 is 4.71. The first kappa shape index (κ1) is 10.4. The fraction of sp³-hybridized carbons (Fsp3) is 0.667. The molecule has 3 heterocycles. The molecule has 0 spiro atoms. The quantitative estimate of drug-likeness (QED) is 0.600. The van der Waals surface area contributed by atoms with Gasteiger partial charge in [0.05, 0.1) is 12.7 Å². The Balaban J connectivity index is 0.000000845. The van der Waals surface area contributed by atoms with Gasteiger partial charge in [-0.05, 0) is 18.8 Å². The van der Waals surface area contributed by atoms with Gasteiger partial charge in [-0.1, -0.05) is 0 Å². The van der Waals surface area contributed by atoms with E-state index in [9.17, 15) is 4.79 Å². The standard InChI is InChI=1S/C9H13NO2.ClH/c1-12-9(11)8-6-10-4-2-7(8)3-5-10;/h6-7H,2-5H2,1H3;1H. The third kappa shape index (κ3) is 1.80. The molecular weight excluding hydrogens is 190 g/mol. The van der Waals surface area contributed by atoms with Gasteiger partial charge in [-0.3, -0.25) is 0 Å². The first-order valence-corrected chi connectivity index (χ1v) is 4.35. The van der Waals surface area contributed by atoms with Crippen LogP contribution >= 0.6 is 12.4 Å². The lowest BCUT2D eigenvalue weighted by atomic mass is 9.86. The van der Waals surface area contributed by atoms with Gasteiger partial charge < -0.3 is 9.64 Å². The largest absolute Gasteiger partial charge is 0.466 e. The Morgan fingerprint density at radius 1 is 1.54 bits per heavy atom. The van der Waals surface area contributed by atoms with E-state index in [2.05, 4.69) is 4.90 Å². The Morgan fingerprint density at radius 2 is 2.15 bits per heavy atom. The summed E-state index contributed by atoms with van der Waals surface area (Å²) in [5.41, 5.74) is 0.870. The minimum Gasteiger partial charge on any atom is -0.466 e. The Labute approximate surface area is 84.1 Å². The molecule has 3 rings (SSSR count). The molecule has 0 radical (unpaired) electrons. The third-order valence-electron chi connectivity index (χ3n) is 2.71. The molecule has 0 aromatic rings. The maximum absolute atomic E-state index is 11.2. The molecule has 0 amide bonds. The predicted molar refractivity (Wildman–Crippen MR) is 51.6 cm³/mol. The molecule has 74 valence electrons. The van der Waals surface area contributed by atoms with Crippen molar-refractivity contribution in [2.45, 2.75) is 12.8 Å². The molecule has 3 aliphatic heterocycles. The van der Waals surface area contributed by atoms with Gasteiger partial charge in [-0.15, -0.1) is 12.4 Å². The molecule has 0 aliphatic carbocycles. The van der Waals surface area contributed by atoms with Crippen LogP contribution in [0, 0.1) is 5.92 Å². The summed E-state index contributed by atoms with van der Waals surface area (Å²) in [6.07, 6.45) is 4.19. The predicted octanol–water partition coefficient (Wildman–Crippen LogP) is 1.19. The molecule has 3 nitrogen and oxygen atoms in total. The summed E-state index contributed by atoms with van der Waals surface area (Å²) in [6.45, 7) is 2.20. The number of ether oxygens (including phenoxy) is 1. The van der Waals surface area contributed by atoms with Crippen LogP contribution in [0.15, 0.2) is 11.8 Å². The highest BCUT2D eigenvalue weighted by Gasteiger charge is 2.31. The molecule has 13 heavy (non-hydrogen) atoms. The second-order valence-electron chi connectivity index (χ2n) is 3.39. The maximum atomic E-state index is 11.2. The Hall–Kier alpha value is -0.700. The molecule has 4 heteroatoms. The van der Waals surface area contributed by atoms with Crippen LogP contribution in [-0.2, 0) is 9.53 Å². The summed E-state index contributed by atoms with van der Waals surface area (Å²) in [4.78, 5) is 13.4. The first-order valence-electron chi connectivity index (χ1n) is 4.35. The number of methoxy groups -OCH3 is 1. The lowest BCUT2D eigenvalue weighted by molar-refractivity contribution is -0.137. The molecule has 2 bridgehead atoms. The maximum Gasteiger partial charge on any atom is 0.335 e. The van der Waals surface area contributed by atoms with Crippen molar-refractivity contribution in [2.75, 3.05) is 20.2 Å². The molecule has 0 saturated carbocycles. The van der Waals surface area contributed by atoms with Gasteiger partial charge >= 0.3 is 5.97 Å². The minimum atomic E-state index is -0.149. The van der Waals surface area contributed by atoms with Crippen LogP contribution in [0.2, 0.25) is 0 Å². The van der Waals surface area contributed by atoms with E-state index in [1.807, 2.05) is 6.20 Å². The van der Waals surface area contributed by atoms with E-state index in [1.165, 1.54) is 7.11 Å². The van der Waals surface area contributed by atoms with Crippen LogP contribution < -0.4 is 0 Å². The second-order valence-corrected chi connectivity index (χ2v) is 3.39. The summed E-state index contributed by atoms with van der Waals surface area (Å²) in [6, 6.07) is 0. The molecule has 0 N–H and O–H groups in total. The number of hydrogen-bond acceptors (Lipinski definition) is 3. The normalized spacial score (nSPS) is 20.7. The molecule has 3 aliphatic rings. The Morgan fingerprint density at radius 3 is 2.54 bits per heavy atom. The highest BCUT2D eigenvalue weighted by atomic mass is 35.5. The van der Waals surface area contributed by atoms with Gasteiger partial charge in [0, 0.05) is 19.3 Å². The van der Waals surface area contributed by atoms with E-state index in [0.29, 0.717) is 5.92 Å². The van der Waals surface area contributed by atoms with Crippen molar-refractivity contribution in [1.29, 1.82) is 0 Å². The molecule has 1 fully saturated rings. The van der Waals surface area contributed by atoms with Crippen molar-refractivity contribution in [3.05, 3.63) is 11.8 Å². The number of carbonyl (C=O) groups excluding carboxylic acids is 1. The number of fused-ring (bicyclic) bond motifs is 2. The molecule has 0 aromatic heterocycles. The number of esters is 1. The van der Waals surface area contributed by atoms with Crippen molar-refractivity contribution in [3.63, 3.8) is 0 Å². The van der Waals surface area contributed by atoms with E-state index in [1.54, 1.807) is 0 Å². The lowest BCUT2D eigenvalue weighted by Gasteiger charge is -2.37. The van der Waals surface area contributed by atoms with Crippen LogP contribution in [0.1, 0.15) is 12.8 Å². The van der Waals surface area contributed by atoms with Crippen LogP contribution in [0.25, 0.3) is 0 Å². The highest BCUT2D eigenvalue weighted by Crippen LogP contribution is 2.31. The highest BCUT2D eigenvalue weighted by molar-refractivity contribution is 5.89. The van der Waals surface area contributed by atoms with E-state index in [0.717, 1.165) is 31.5 Å². The third-order valence-corrected chi connectivity index (χ3v) is 2.71. The van der Waals surface area contributed by atoms with Crippen LogP contribution in [-0.4, -0.2) is 31.1 Å². The van der Waals surface area contributed by atoms with Gasteiger partial charge in [-0.2, -0.15) is 0 Å². The summed E-state index contributed by atoms with van der Waals surface area (Å²) in [5, 5.41) is 0. The summed E-state index contributed by atoms with van der Waals surface area (Å²) in [7, 11) is 1.45. The van der Waals surface area contributed by atoms with Crippen molar-refractivity contribution in [2.24, 2.45) is 5.92 Å². The van der Waals surface area contributed by atoms with E-state index >= 15 is 0 Å². The zero-order valence-corrected chi connectivity index (χ0v) is 8.47. The average Bonchev–Trinajstić information content (AvgIpc) is 2.18. The zero-order chi connectivity index (χ0) is 8.55. The van der Waals surface area contributed by atoms with Gasteiger partial charge in [0.15, 0.2) is 0 Å². The number of rotatable bonds is 1. The fourth-order valence-electron chi connectivity index (χ4n) is 1.98. The van der Waals surface area contributed by atoms with E-state index in [4.69, 9.17) is 4.74 Å². The molecular formula is C9H14ClNO2. The van der Waals surface area contributed by atoms with Gasteiger partial charge in [0.2, 0.25) is 0 Å². The van der Waals surface area contributed by atoms with E-state index in [-0.39, 0.29) is 18.4 Å². The minimum absolute atomic E-state index is 0. The monoisotopic (exact) mass is 203 g/mol. The van der Waals surface area contributed by atoms with Crippen molar-refractivity contribution in [1.82, 2.24) is 4.90 Å². The fourth-order valence-corrected chi connectivity index (χ4v) is 1.98. The van der Waals surface area contributed by atoms with Crippen molar-refractivity contribution in [3.8, 4) is 0 Å². The lowest BCUT2D eigenvalue weighted by Crippen LogP contribution is -2.38. The molecule has 1 saturated heterocycles.